The van der Waals surface area contributed by atoms with Gasteiger partial charge in [0.2, 0.25) is 10.0 Å². The Morgan fingerprint density at radius 2 is 2.19 bits per heavy atom. The molecule has 0 amide bonds. The van der Waals surface area contributed by atoms with Crippen molar-refractivity contribution in [2.24, 2.45) is 0 Å². The van der Waals surface area contributed by atoms with Gasteiger partial charge in [-0.25, -0.2) is 18.1 Å². The molecule has 114 valence electrons. The lowest BCUT2D eigenvalue weighted by atomic mass is 10.3. The van der Waals surface area contributed by atoms with Gasteiger partial charge in [0.15, 0.2) is 0 Å². The number of nitrogen functional groups attached to an aromatic ring is 1. The molecule has 0 saturated heterocycles. The average Bonchev–Trinajstić information content (AvgIpc) is 2.84. The summed E-state index contributed by atoms with van der Waals surface area (Å²) < 4.78 is 32.2. The van der Waals surface area contributed by atoms with Gasteiger partial charge in [0.1, 0.15) is 10.6 Å². The highest BCUT2D eigenvalue weighted by Crippen LogP contribution is 2.25. The molecule has 0 aliphatic carbocycles. The van der Waals surface area contributed by atoms with E-state index in [1.54, 1.807) is 17.4 Å². The zero-order valence-corrected chi connectivity index (χ0v) is 13.4. The zero-order valence-electron chi connectivity index (χ0n) is 11.8. The Morgan fingerprint density at radius 3 is 2.81 bits per heavy atom. The third-order valence-electron chi connectivity index (χ3n) is 2.82. The van der Waals surface area contributed by atoms with E-state index >= 15 is 0 Å². The first-order valence-electron chi connectivity index (χ1n) is 6.26. The fraction of sp³-hybridized carbons (Fsp3) is 0.308. The third kappa shape index (κ3) is 3.93. The van der Waals surface area contributed by atoms with Crippen LogP contribution in [0.5, 0.6) is 5.75 Å². The third-order valence-corrected chi connectivity index (χ3v) is 5.12. The van der Waals surface area contributed by atoms with E-state index in [9.17, 15) is 8.42 Å². The van der Waals surface area contributed by atoms with E-state index in [-0.39, 0.29) is 17.2 Å². The Bertz CT molecular complexity index is 726. The van der Waals surface area contributed by atoms with E-state index in [1.165, 1.54) is 19.2 Å². The highest BCUT2D eigenvalue weighted by Gasteiger charge is 2.19. The first-order valence-corrected chi connectivity index (χ1v) is 8.63. The van der Waals surface area contributed by atoms with Crippen LogP contribution < -0.4 is 15.2 Å². The molecule has 0 aliphatic heterocycles. The number of hydrogen-bond acceptors (Lipinski definition) is 6. The number of anilines is 1. The van der Waals surface area contributed by atoms with Crippen molar-refractivity contribution in [2.45, 2.75) is 18.2 Å². The smallest absolute Gasteiger partial charge is 0.244 e. The van der Waals surface area contributed by atoms with E-state index in [1.807, 2.05) is 12.3 Å². The topological polar surface area (TPSA) is 94.3 Å². The zero-order chi connectivity index (χ0) is 15.5. The molecule has 0 fully saturated rings. The van der Waals surface area contributed by atoms with Crippen molar-refractivity contribution >= 4 is 27.0 Å². The summed E-state index contributed by atoms with van der Waals surface area (Å²) in [7, 11) is -2.25. The van der Waals surface area contributed by atoms with E-state index < -0.39 is 10.0 Å². The number of methoxy groups -OCH3 is 1. The SMILES string of the molecule is COc1ccc(N)cc1S(=O)(=O)NCCc1csc(C)n1. The Balaban J connectivity index is 2.09. The summed E-state index contributed by atoms with van der Waals surface area (Å²) in [6.07, 6.45) is 0.536. The molecule has 1 heterocycles. The number of hydrogen-bond donors (Lipinski definition) is 2. The number of thiazole rings is 1. The number of ether oxygens (including phenoxy) is 1. The van der Waals surface area contributed by atoms with Gasteiger partial charge in [0.05, 0.1) is 17.8 Å². The number of aryl methyl sites for hydroxylation is 1. The average molecular weight is 327 g/mol. The summed E-state index contributed by atoms with van der Waals surface area (Å²) in [6, 6.07) is 4.51. The van der Waals surface area contributed by atoms with Crippen molar-refractivity contribution in [2.75, 3.05) is 19.4 Å². The molecule has 2 rings (SSSR count). The molecule has 0 aliphatic rings. The number of rotatable bonds is 6. The summed E-state index contributed by atoms with van der Waals surface area (Å²) in [4.78, 5) is 4.33. The number of sulfonamides is 1. The van der Waals surface area contributed by atoms with E-state index in [4.69, 9.17) is 10.5 Å². The molecule has 21 heavy (non-hydrogen) atoms. The molecule has 2 aromatic rings. The number of nitrogens with zero attached hydrogens (tertiary/aromatic N) is 1. The van der Waals surface area contributed by atoms with Crippen molar-refractivity contribution < 1.29 is 13.2 Å². The molecule has 3 N–H and O–H groups in total. The fourth-order valence-corrected chi connectivity index (χ4v) is 3.70. The summed E-state index contributed by atoms with van der Waals surface area (Å²) in [5, 5.41) is 2.88. The summed E-state index contributed by atoms with van der Waals surface area (Å²) in [5.74, 6) is 0.265. The maximum absolute atomic E-state index is 12.3. The number of benzene rings is 1. The van der Waals surface area contributed by atoms with Crippen LogP contribution >= 0.6 is 11.3 Å². The number of nitrogens with one attached hydrogen (secondary N) is 1. The summed E-state index contributed by atoms with van der Waals surface area (Å²) in [6.45, 7) is 2.18. The van der Waals surface area contributed by atoms with Crippen molar-refractivity contribution in [3.05, 3.63) is 34.3 Å². The number of aromatic nitrogens is 1. The van der Waals surface area contributed by atoms with Crippen LogP contribution in [0.1, 0.15) is 10.7 Å². The van der Waals surface area contributed by atoms with Crippen LogP contribution in [0.15, 0.2) is 28.5 Å². The lowest BCUT2D eigenvalue weighted by molar-refractivity contribution is 0.402. The van der Waals surface area contributed by atoms with E-state index in [0.29, 0.717) is 12.1 Å². The highest BCUT2D eigenvalue weighted by molar-refractivity contribution is 7.89. The van der Waals surface area contributed by atoms with Crippen molar-refractivity contribution in [3.8, 4) is 5.75 Å². The molecular weight excluding hydrogens is 310 g/mol. The van der Waals surface area contributed by atoms with Crippen molar-refractivity contribution in [1.82, 2.24) is 9.71 Å². The molecule has 1 aromatic heterocycles. The van der Waals surface area contributed by atoms with Crippen LogP contribution in [-0.2, 0) is 16.4 Å². The number of nitrogens with two attached hydrogens (primary N) is 1. The van der Waals surface area contributed by atoms with Crippen LogP contribution in [0.3, 0.4) is 0 Å². The van der Waals surface area contributed by atoms with Gasteiger partial charge in [-0.15, -0.1) is 11.3 Å². The van der Waals surface area contributed by atoms with Gasteiger partial charge in [0, 0.05) is 24.0 Å². The van der Waals surface area contributed by atoms with Gasteiger partial charge < -0.3 is 10.5 Å². The second kappa shape index (κ2) is 6.42. The molecule has 0 radical (unpaired) electrons. The second-order valence-corrected chi connectivity index (χ2v) is 7.21. The van der Waals surface area contributed by atoms with Crippen molar-refractivity contribution in [1.29, 1.82) is 0 Å². The maximum Gasteiger partial charge on any atom is 0.244 e. The van der Waals surface area contributed by atoms with Gasteiger partial charge in [-0.05, 0) is 25.1 Å². The minimum atomic E-state index is -3.67. The first kappa shape index (κ1) is 15.7. The molecule has 0 unspecified atom stereocenters. The molecule has 0 bridgehead atoms. The molecule has 8 heteroatoms. The van der Waals surface area contributed by atoms with Gasteiger partial charge in [-0.1, -0.05) is 0 Å². The molecule has 6 nitrogen and oxygen atoms in total. The largest absolute Gasteiger partial charge is 0.495 e. The van der Waals surface area contributed by atoms with Gasteiger partial charge in [-0.3, -0.25) is 0 Å². The fourth-order valence-electron chi connectivity index (χ4n) is 1.82. The standard InChI is InChI=1S/C13H17N3O3S2/c1-9-16-11(8-20-9)5-6-15-21(17,18)13-7-10(14)3-4-12(13)19-2/h3-4,7-8,15H,5-6,14H2,1-2H3. The lowest BCUT2D eigenvalue weighted by Gasteiger charge is -2.11. The molecule has 0 saturated carbocycles. The van der Waals surface area contributed by atoms with Crippen LogP contribution in [0, 0.1) is 6.92 Å². The van der Waals surface area contributed by atoms with Crippen LogP contribution in [0.25, 0.3) is 0 Å². The molecule has 0 atom stereocenters. The Hall–Kier alpha value is -1.64. The van der Waals surface area contributed by atoms with E-state index in [2.05, 4.69) is 9.71 Å². The Kier molecular flexibility index (Phi) is 4.81. The Labute approximate surface area is 128 Å². The first-order chi connectivity index (χ1) is 9.92. The molecular formula is C13H17N3O3S2. The van der Waals surface area contributed by atoms with Crippen molar-refractivity contribution in [3.63, 3.8) is 0 Å². The monoisotopic (exact) mass is 327 g/mol. The second-order valence-electron chi connectivity index (χ2n) is 4.42. The molecule has 0 spiro atoms. The highest BCUT2D eigenvalue weighted by atomic mass is 32.2. The molecule has 1 aromatic carbocycles. The normalized spacial score (nSPS) is 11.5. The maximum atomic E-state index is 12.3. The van der Waals surface area contributed by atoms with Gasteiger partial charge in [0.25, 0.3) is 0 Å². The summed E-state index contributed by atoms with van der Waals surface area (Å²) >= 11 is 1.54. The lowest BCUT2D eigenvalue weighted by Crippen LogP contribution is -2.26. The Morgan fingerprint density at radius 1 is 1.43 bits per heavy atom. The van der Waals surface area contributed by atoms with Crippen LogP contribution in [0.2, 0.25) is 0 Å². The van der Waals surface area contributed by atoms with Gasteiger partial charge in [-0.2, -0.15) is 0 Å². The quantitative estimate of drug-likeness (QED) is 0.785. The minimum Gasteiger partial charge on any atom is -0.495 e. The predicted octanol–water partition coefficient (Wildman–Crippen LogP) is 1.56. The van der Waals surface area contributed by atoms with E-state index in [0.717, 1.165) is 10.7 Å². The summed E-state index contributed by atoms with van der Waals surface area (Å²) in [5.41, 5.74) is 6.89. The predicted molar refractivity (Wildman–Crippen MR) is 83.1 cm³/mol. The van der Waals surface area contributed by atoms with Crippen LogP contribution in [0.4, 0.5) is 5.69 Å². The van der Waals surface area contributed by atoms with Gasteiger partial charge >= 0.3 is 0 Å². The minimum absolute atomic E-state index is 0.0412. The van der Waals surface area contributed by atoms with Crippen LogP contribution in [-0.4, -0.2) is 27.1 Å².